The molecule has 4 heterocycles. The van der Waals surface area contributed by atoms with Gasteiger partial charge in [0.25, 0.3) is 0 Å². The number of aliphatic hydroxyl groups is 14. The number of carbonyl (C=O) groups excluding carboxylic acids is 2. The number of nitrogens with one attached hydrogen (secondary N) is 2. The van der Waals surface area contributed by atoms with E-state index in [0.29, 0.717) is 12.8 Å². The summed E-state index contributed by atoms with van der Waals surface area (Å²) in [5, 5.41) is 159. The largest absolute Gasteiger partial charge is 0.394 e. The first-order chi connectivity index (χ1) is 44.2. The van der Waals surface area contributed by atoms with Crippen LogP contribution in [0.15, 0.2) is 0 Å². The average Bonchev–Trinajstić information content (AvgIpc) is 1.15. The molecule has 0 aromatic carbocycles. The minimum atomic E-state index is -2.09. The Hall–Kier alpha value is -1.94. The van der Waals surface area contributed by atoms with Crippen LogP contribution in [0.25, 0.3) is 0 Å². The zero-order chi connectivity index (χ0) is 67.5. The van der Waals surface area contributed by atoms with Gasteiger partial charge in [-0.2, -0.15) is 0 Å². The van der Waals surface area contributed by atoms with Crippen molar-refractivity contribution in [1.29, 1.82) is 0 Å². The van der Waals surface area contributed by atoms with Gasteiger partial charge in [0.15, 0.2) is 25.2 Å². The molecular weight excluding hydrogens is 1200 g/mol. The number of ether oxygens (including phenoxy) is 8. The highest BCUT2D eigenvalue weighted by molar-refractivity contribution is 5.80. The fourth-order valence-corrected chi connectivity index (χ4v) is 12.6. The van der Waals surface area contributed by atoms with Gasteiger partial charge < -0.3 is 120 Å². The van der Waals surface area contributed by atoms with Crippen molar-refractivity contribution in [2.24, 2.45) is 0 Å². The Morgan fingerprint density at radius 2 is 0.859 bits per heavy atom. The van der Waals surface area contributed by atoms with Crippen LogP contribution in [0, 0.1) is 0 Å². The highest BCUT2D eigenvalue weighted by Crippen LogP contribution is 2.33. The van der Waals surface area contributed by atoms with E-state index in [4.69, 9.17) is 37.9 Å². The van der Waals surface area contributed by atoms with Crippen molar-refractivity contribution in [2.75, 3.05) is 26.4 Å². The molecule has 92 heavy (non-hydrogen) atoms. The van der Waals surface area contributed by atoms with Crippen LogP contribution < -0.4 is 10.6 Å². The summed E-state index contributed by atoms with van der Waals surface area (Å²) < 4.78 is 46.7. The normalized spacial score (nSPS) is 32.7. The lowest BCUT2D eigenvalue weighted by Crippen LogP contribution is -2.66. The van der Waals surface area contributed by atoms with Crippen LogP contribution >= 0.6 is 0 Å². The van der Waals surface area contributed by atoms with Crippen LogP contribution in [-0.2, 0) is 47.5 Å². The topological polar surface area (TPSA) is 415 Å². The molecule has 0 spiro atoms. The van der Waals surface area contributed by atoms with E-state index in [1.807, 2.05) is 0 Å². The molecule has 0 unspecified atom stereocenters. The lowest BCUT2D eigenvalue weighted by molar-refractivity contribution is -0.371. The van der Waals surface area contributed by atoms with E-state index >= 15 is 0 Å². The summed E-state index contributed by atoms with van der Waals surface area (Å²) in [7, 11) is 0. The Morgan fingerprint density at radius 1 is 0.446 bits per heavy atom. The van der Waals surface area contributed by atoms with E-state index in [-0.39, 0.29) is 12.8 Å². The van der Waals surface area contributed by atoms with Crippen LogP contribution in [0.2, 0.25) is 0 Å². The molecule has 4 aliphatic heterocycles. The minimum absolute atomic E-state index is 0.126. The predicted octanol–water partition coefficient (Wildman–Crippen LogP) is 2.54. The van der Waals surface area contributed by atoms with Crippen LogP contribution in [-0.4, -0.2) is 257 Å². The maximum absolute atomic E-state index is 13.7. The Morgan fingerprint density at radius 3 is 1.32 bits per heavy atom. The van der Waals surface area contributed by atoms with Crippen molar-refractivity contribution >= 4 is 11.8 Å². The van der Waals surface area contributed by atoms with Crippen molar-refractivity contribution in [2.45, 2.75) is 380 Å². The summed E-state index contributed by atoms with van der Waals surface area (Å²) >= 11 is 0. The molecule has 24 atom stereocenters. The number of carbonyl (C=O) groups is 2. The lowest BCUT2D eigenvalue weighted by Gasteiger charge is -2.47. The summed E-state index contributed by atoms with van der Waals surface area (Å²) in [6.07, 6.45) is -2.55. The fraction of sp³-hybridized carbons (Fsp3) is 0.970. The second-order valence-corrected chi connectivity index (χ2v) is 26.4. The van der Waals surface area contributed by atoms with Crippen LogP contribution in [0.4, 0.5) is 0 Å². The Balaban J connectivity index is 1.39. The summed E-state index contributed by atoms with van der Waals surface area (Å²) in [5.74, 6) is -1.53. The van der Waals surface area contributed by atoms with Gasteiger partial charge in [-0.15, -0.1) is 0 Å². The van der Waals surface area contributed by atoms with Gasteiger partial charge in [0.2, 0.25) is 11.8 Å². The quantitative estimate of drug-likeness (QED) is 0.0389. The van der Waals surface area contributed by atoms with E-state index in [1.165, 1.54) is 129 Å². The maximum atomic E-state index is 13.7. The molecule has 4 aliphatic rings. The molecule has 542 valence electrons. The van der Waals surface area contributed by atoms with Gasteiger partial charge in [0.05, 0.1) is 44.7 Å². The third-order valence-electron chi connectivity index (χ3n) is 18.5. The van der Waals surface area contributed by atoms with Crippen molar-refractivity contribution in [1.82, 2.24) is 10.6 Å². The SMILES string of the molecule is CCCCCCCCCCCCCCCCCCCC[C@@H](O)C(=O)N[C@@H](CO[C@H]1O[C@H](CO)[C@H](O)[C@H](O)[C@H]1O[C@H]1O[C@H](CO[C@@H]2O[C@H](CO[C@H]3O[C@H]([C@H](C)O)[C@@H](O)[C@@H]3O)[C@H](O)[C@H](O)[C@H]2NC(C)=O)[C@H](O)[C@H](O)[C@H]1O)[C@H](O)[C@H](O)CCCCCCCCCCCCCC. The summed E-state index contributed by atoms with van der Waals surface area (Å²) in [6.45, 7) is 3.98. The molecule has 0 saturated carbocycles. The molecule has 16 N–H and O–H groups in total. The Kier molecular flexibility index (Phi) is 41.6. The second-order valence-electron chi connectivity index (χ2n) is 26.4. The number of unbranched alkanes of at least 4 members (excludes halogenated alkanes) is 28. The van der Waals surface area contributed by atoms with Gasteiger partial charge in [-0.25, -0.2) is 0 Å². The van der Waals surface area contributed by atoms with Gasteiger partial charge in [0.1, 0.15) is 104 Å². The molecule has 0 aromatic rings. The molecular formula is C66H124N2O24. The molecule has 26 heteroatoms. The Bertz CT molecular complexity index is 1910. The van der Waals surface area contributed by atoms with Gasteiger partial charge in [0, 0.05) is 6.92 Å². The highest BCUT2D eigenvalue weighted by Gasteiger charge is 2.53. The maximum Gasteiger partial charge on any atom is 0.249 e. The third kappa shape index (κ3) is 28.5. The van der Waals surface area contributed by atoms with Crippen LogP contribution in [0.1, 0.15) is 233 Å². The van der Waals surface area contributed by atoms with Gasteiger partial charge in [-0.05, 0) is 19.8 Å². The molecule has 0 aromatic heterocycles. The minimum Gasteiger partial charge on any atom is -0.394 e. The first-order valence-corrected chi connectivity index (χ1v) is 35.3. The predicted molar refractivity (Wildman–Crippen MR) is 337 cm³/mol. The number of amides is 2. The molecule has 4 saturated heterocycles. The number of rotatable bonds is 50. The molecule has 4 fully saturated rings. The monoisotopic (exact) mass is 1330 g/mol. The second kappa shape index (κ2) is 46.4. The van der Waals surface area contributed by atoms with E-state index in [1.54, 1.807) is 0 Å². The first kappa shape index (κ1) is 82.5. The van der Waals surface area contributed by atoms with E-state index in [0.717, 1.165) is 64.7 Å². The molecule has 2 amide bonds. The van der Waals surface area contributed by atoms with E-state index < -0.39 is 185 Å². The first-order valence-electron chi connectivity index (χ1n) is 35.3. The highest BCUT2D eigenvalue weighted by atomic mass is 16.8. The van der Waals surface area contributed by atoms with Gasteiger partial charge >= 0.3 is 0 Å². The molecule has 0 radical (unpaired) electrons. The smallest absolute Gasteiger partial charge is 0.249 e. The number of hydrogen-bond donors (Lipinski definition) is 16. The van der Waals surface area contributed by atoms with Gasteiger partial charge in [-0.3, -0.25) is 9.59 Å². The van der Waals surface area contributed by atoms with Crippen molar-refractivity contribution < 1.29 is 119 Å². The van der Waals surface area contributed by atoms with E-state index in [9.17, 15) is 81.1 Å². The zero-order valence-electron chi connectivity index (χ0n) is 55.7. The molecule has 0 aliphatic carbocycles. The van der Waals surface area contributed by atoms with Crippen molar-refractivity contribution in [3.05, 3.63) is 0 Å². The summed E-state index contributed by atoms with van der Waals surface area (Å²) in [6, 6.07) is -2.91. The van der Waals surface area contributed by atoms with E-state index in [2.05, 4.69) is 24.5 Å². The van der Waals surface area contributed by atoms with Crippen LogP contribution in [0.3, 0.4) is 0 Å². The van der Waals surface area contributed by atoms with Crippen LogP contribution in [0.5, 0.6) is 0 Å². The fourth-order valence-electron chi connectivity index (χ4n) is 12.6. The molecule has 4 rings (SSSR count). The van der Waals surface area contributed by atoms with Crippen molar-refractivity contribution in [3.8, 4) is 0 Å². The summed E-state index contributed by atoms with van der Waals surface area (Å²) in [4.78, 5) is 26.0. The average molecular weight is 1330 g/mol. The lowest BCUT2D eigenvalue weighted by atomic mass is 9.96. The standard InChI is InChI=1S/C66H124N2O24/c1-5-7-9-11-13-15-17-19-20-21-22-23-24-26-28-30-32-34-36-45(73)62(84)68-43(50(74)44(72)35-33-31-29-27-25-18-16-14-12-10-8-6-2)38-85-66-61(56(80)51(75)46(37-69)88-66)92-65-58(82)55(79)53(77)48(90-65)39-86-63-49(67-42(4)71)54(78)52(76)47(89-63)40-87-64-59(83)57(81)60(91-64)41(3)70/h41,43-61,63-66,69-70,72-83H,5-40H2,1-4H3,(H,67,71)(H,68,84)/t41-,43-,44+,45+,46+,47+,48+,49+,50-,51-,52-,53-,54+,55-,56-,57-,58+,59-,60+,61+,63+,64-,65+,66-/m0/s1. The third-order valence-corrected chi connectivity index (χ3v) is 18.5. The zero-order valence-corrected chi connectivity index (χ0v) is 55.7. The molecule has 0 bridgehead atoms. The number of aliphatic hydroxyl groups excluding tert-OH is 14. The number of hydrogen-bond acceptors (Lipinski definition) is 24. The Labute approximate surface area is 546 Å². The van der Waals surface area contributed by atoms with Crippen molar-refractivity contribution in [3.63, 3.8) is 0 Å². The molecule has 26 nitrogen and oxygen atoms in total. The van der Waals surface area contributed by atoms with Gasteiger partial charge in [-0.1, -0.05) is 206 Å². The summed E-state index contributed by atoms with van der Waals surface area (Å²) in [5.41, 5.74) is 0.